The number of benzene rings is 1. The van der Waals surface area contributed by atoms with Crippen molar-refractivity contribution in [3.8, 4) is 0 Å². The Labute approximate surface area is 161 Å². The lowest BCUT2D eigenvalue weighted by Gasteiger charge is -2.12. The lowest BCUT2D eigenvalue weighted by atomic mass is 10.2. The number of carbonyl (C=O) groups is 1. The molecule has 0 bridgehead atoms. The molecule has 25 heavy (non-hydrogen) atoms. The Kier molecular flexibility index (Phi) is 7.46. The fourth-order valence-corrected chi connectivity index (χ4v) is 3.40. The molecular weight excluding hydrogens is 400 g/mol. The molecule has 2 aromatic rings. The number of nitrogens with zero attached hydrogens (tertiary/aromatic N) is 1. The van der Waals surface area contributed by atoms with E-state index in [2.05, 4.69) is 55.9 Å². The third-order valence-electron chi connectivity index (χ3n) is 3.57. The summed E-state index contributed by atoms with van der Waals surface area (Å²) in [6, 6.07) is 10.0. The second-order valence-corrected chi connectivity index (χ2v) is 7.91. The molecule has 0 aliphatic rings. The minimum absolute atomic E-state index is 0.0296. The van der Waals surface area contributed by atoms with E-state index in [1.165, 1.54) is 9.75 Å². The largest absolute Gasteiger partial charge is 0.356 e. The fourth-order valence-electron chi connectivity index (χ4n) is 2.21. The summed E-state index contributed by atoms with van der Waals surface area (Å²) in [4.78, 5) is 18.8. The normalized spacial score (nSPS) is 11.3. The van der Waals surface area contributed by atoms with E-state index in [4.69, 9.17) is 0 Å². The first kappa shape index (κ1) is 19.5. The van der Waals surface area contributed by atoms with Gasteiger partial charge in [-0.15, -0.1) is 11.3 Å². The number of thiophene rings is 1. The van der Waals surface area contributed by atoms with Crippen molar-refractivity contribution < 1.29 is 4.79 Å². The molecule has 7 heteroatoms. The van der Waals surface area contributed by atoms with Crippen molar-refractivity contribution in [2.75, 3.05) is 18.9 Å². The molecule has 0 unspecified atom stereocenters. The molecule has 0 saturated carbocycles. The van der Waals surface area contributed by atoms with Crippen LogP contribution in [0.3, 0.4) is 0 Å². The zero-order valence-corrected chi connectivity index (χ0v) is 17.1. The summed E-state index contributed by atoms with van der Waals surface area (Å²) in [5.41, 5.74) is 1.86. The van der Waals surface area contributed by atoms with Gasteiger partial charge in [-0.3, -0.25) is 9.79 Å². The maximum Gasteiger partial charge on any atom is 0.226 e. The topological polar surface area (TPSA) is 65.5 Å². The van der Waals surface area contributed by atoms with Crippen LogP contribution in [0, 0.1) is 13.8 Å². The molecule has 3 N–H and O–H groups in total. The first-order chi connectivity index (χ1) is 12.0. The minimum Gasteiger partial charge on any atom is -0.356 e. The summed E-state index contributed by atoms with van der Waals surface area (Å²) >= 11 is 5.18. The molecule has 0 spiro atoms. The van der Waals surface area contributed by atoms with Crippen LogP contribution in [0.5, 0.6) is 0 Å². The molecule has 2 rings (SSSR count). The number of aryl methyl sites for hydroxylation is 2. The molecule has 0 saturated heterocycles. The zero-order chi connectivity index (χ0) is 18.2. The van der Waals surface area contributed by atoms with Crippen LogP contribution in [-0.4, -0.2) is 25.5 Å². The molecule has 1 amide bonds. The van der Waals surface area contributed by atoms with E-state index >= 15 is 0 Å². The third kappa shape index (κ3) is 6.51. The van der Waals surface area contributed by atoms with Crippen LogP contribution in [0.25, 0.3) is 0 Å². The van der Waals surface area contributed by atoms with Gasteiger partial charge in [0.2, 0.25) is 5.91 Å². The van der Waals surface area contributed by atoms with Gasteiger partial charge in [-0.05, 0) is 43.7 Å². The molecule has 0 fully saturated rings. The number of anilines is 1. The van der Waals surface area contributed by atoms with Gasteiger partial charge in [0.05, 0.1) is 6.54 Å². The van der Waals surface area contributed by atoms with Gasteiger partial charge in [0.25, 0.3) is 0 Å². The number of hydrogen-bond donors (Lipinski definition) is 3. The zero-order valence-electron chi connectivity index (χ0n) is 14.6. The Morgan fingerprint density at radius 2 is 2.00 bits per heavy atom. The standard InChI is InChI=1S/C18H23BrN4OS/c1-12-4-6-14(19)10-16(12)23-17(24)8-9-21-18(20-3)22-11-15-7-5-13(2)25-15/h4-7,10H,8-9,11H2,1-3H3,(H,23,24)(H2,20,21,22). The quantitative estimate of drug-likeness (QED) is 0.489. The second-order valence-electron chi connectivity index (χ2n) is 5.62. The Hall–Kier alpha value is -1.86. The Morgan fingerprint density at radius 3 is 2.68 bits per heavy atom. The Balaban J connectivity index is 1.74. The summed E-state index contributed by atoms with van der Waals surface area (Å²) in [7, 11) is 1.72. The van der Waals surface area contributed by atoms with Gasteiger partial charge in [-0.25, -0.2) is 0 Å². The Morgan fingerprint density at radius 1 is 1.20 bits per heavy atom. The molecule has 0 aliphatic carbocycles. The van der Waals surface area contributed by atoms with E-state index in [9.17, 15) is 4.79 Å². The van der Waals surface area contributed by atoms with Crippen LogP contribution >= 0.6 is 27.3 Å². The second kappa shape index (κ2) is 9.58. The predicted octanol–water partition coefficient (Wildman–Crippen LogP) is 3.82. The molecule has 0 radical (unpaired) electrons. The van der Waals surface area contributed by atoms with Crippen LogP contribution in [0.15, 0.2) is 39.8 Å². The van der Waals surface area contributed by atoms with Crippen molar-refractivity contribution >= 4 is 44.8 Å². The van der Waals surface area contributed by atoms with Crippen molar-refractivity contribution in [2.24, 2.45) is 4.99 Å². The van der Waals surface area contributed by atoms with Crippen LogP contribution in [0.4, 0.5) is 5.69 Å². The van der Waals surface area contributed by atoms with E-state index in [0.717, 1.165) is 22.3 Å². The van der Waals surface area contributed by atoms with E-state index in [0.29, 0.717) is 18.9 Å². The molecule has 5 nitrogen and oxygen atoms in total. The van der Waals surface area contributed by atoms with Crippen LogP contribution in [0.1, 0.15) is 21.7 Å². The average molecular weight is 423 g/mol. The number of halogens is 1. The summed E-state index contributed by atoms with van der Waals surface area (Å²) in [5, 5.41) is 9.35. The predicted molar refractivity (Wildman–Crippen MR) is 109 cm³/mol. The first-order valence-corrected chi connectivity index (χ1v) is 9.64. The van der Waals surface area contributed by atoms with E-state index in [-0.39, 0.29) is 5.91 Å². The highest BCUT2D eigenvalue weighted by Crippen LogP contribution is 2.20. The molecule has 1 aromatic heterocycles. The molecule has 0 aliphatic heterocycles. The minimum atomic E-state index is -0.0296. The van der Waals surface area contributed by atoms with Gasteiger partial charge >= 0.3 is 0 Å². The van der Waals surface area contributed by atoms with Gasteiger partial charge in [0.15, 0.2) is 5.96 Å². The Bertz CT molecular complexity index is 757. The lowest BCUT2D eigenvalue weighted by molar-refractivity contribution is -0.116. The highest BCUT2D eigenvalue weighted by molar-refractivity contribution is 9.10. The van der Waals surface area contributed by atoms with Crippen LogP contribution in [-0.2, 0) is 11.3 Å². The molecule has 1 aromatic carbocycles. The summed E-state index contributed by atoms with van der Waals surface area (Å²) < 4.78 is 0.944. The van der Waals surface area contributed by atoms with Crippen LogP contribution < -0.4 is 16.0 Å². The van der Waals surface area contributed by atoms with E-state index in [1.807, 2.05) is 25.1 Å². The number of amides is 1. The molecule has 1 heterocycles. The summed E-state index contributed by atoms with van der Waals surface area (Å²) in [6.07, 6.45) is 0.366. The van der Waals surface area contributed by atoms with Crippen molar-refractivity contribution in [2.45, 2.75) is 26.8 Å². The highest BCUT2D eigenvalue weighted by atomic mass is 79.9. The summed E-state index contributed by atoms with van der Waals surface area (Å²) in [6.45, 7) is 5.30. The van der Waals surface area contributed by atoms with Gasteiger partial charge < -0.3 is 16.0 Å². The molecular formula is C18H23BrN4OS. The van der Waals surface area contributed by atoms with Gasteiger partial charge in [0, 0.05) is 39.9 Å². The highest BCUT2D eigenvalue weighted by Gasteiger charge is 2.06. The molecule has 134 valence electrons. The number of hydrogen-bond acceptors (Lipinski definition) is 3. The lowest BCUT2D eigenvalue weighted by Crippen LogP contribution is -2.38. The maximum atomic E-state index is 12.1. The number of aliphatic imine (C=N–C) groups is 1. The van der Waals surface area contributed by atoms with Gasteiger partial charge in [0.1, 0.15) is 0 Å². The van der Waals surface area contributed by atoms with E-state index in [1.54, 1.807) is 18.4 Å². The summed E-state index contributed by atoms with van der Waals surface area (Å²) in [5.74, 6) is 0.663. The fraction of sp³-hybridized carbons (Fsp3) is 0.333. The smallest absolute Gasteiger partial charge is 0.226 e. The van der Waals surface area contributed by atoms with Gasteiger partial charge in [-0.2, -0.15) is 0 Å². The van der Waals surface area contributed by atoms with Crippen molar-refractivity contribution in [3.63, 3.8) is 0 Å². The van der Waals surface area contributed by atoms with Crippen molar-refractivity contribution in [3.05, 3.63) is 50.1 Å². The van der Waals surface area contributed by atoms with Crippen molar-refractivity contribution in [1.29, 1.82) is 0 Å². The monoisotopic (exact) mass is 422 g/mol. The number of guanidine groups is 1. The molecule has 0 atom stereocenters. The first-order valence-electron chi connectivity index (χ1n) is 8.04. The number of rotatable bonds is 6. The third-order valence-corrected chi connectivity index (χ3v) is 5.06. The number of nitrogens with one attached hydrogen (secondary N) is 3. The van der Waals surface area contributed by atoms with Gasteiger partial charge in [-0.1, -0.05) is 22.0 Å². The SMILES string of the molecule is CN=C(NCCC(=O)Nc1cc(Br)ccc1C)NCc1ccc(C)s1. The van der Waals surface area contributed by atoms with Crippen molar-refractivity contribution in [1.82, 2.24) is 10.6 Å². The van der Waals surface area contributed by atoms with Crippen LogP contribution in [0.2, 0.25) is 0 Å². The van der Waals surface area contributed by atoms with E-state index < -0.39 is 0 Å². The maximum absolute atomic E-state index is 12.1. The number of carbonyl (C=O) groups excluding carboxylic acids is 1. The average Bonchev–Trinajstić information content (AvgIpc) is 2.99.